The van der Waals surface area contributed by atoms with Gasteiger partial charge in [-0.1, -0.05) is 19.1 Å². The first kappa shape index (κ1) is 19.4. The first-order chi connectivity index (χ1) is 13.6. The van der Waals surface area contributed by atoms with Crippen LogP contribution in [0.3, 0.4) is 0 Å². The second kappa shape index (κ2) is 9.03. The van der Waals surface area contributed by atoms with E-state index in [-0.39, 0.29) is 11.8 Å². The molecule has 2 aromatic carbocycles. The average molecular weight is 381 g/mol. The van der Waals surface area contributed by atoms with Gasteiger partial charge in [0, 0.05) is 17.2 Å². The lowest BCUT2D eigenvalue weighted by Gasteiger charge is -2.12. The maximum absolute atomic E-state index is 12.4. The van der Waals surface area contributed by atoms with Crippen LogP contribution in [-0.2, 0) is 4.79 Å². The molecule has 3 rings (SSSR count). The summed E-state index contributed by atoms with van der Waals surface area (Å²) in [6.45, 7) is 2.48. The number of rotatable bonds is 7. The van der Waals surface area contributed by atoms with Gasteiger partial charge in [0.1, 0.15) is 5.75 Å². The number of ether oxygens (including phenoxy) is 1. The van der Waals surface area contributed by atoms with Crippen molar-refractivity contribution < 1.29 is 19.1 Å². The number of carbonyl (C=O) groups excluding carboxylic acids is 3. The largest absolute Gasteiger partial charge is 0.493 e. The molecule has 0 heterocycles. The van der Waals surface area contributed by atoms with Gasteiger partial charge in [0.25, 0.3) is 11.8 Å². The number of amides is 3. The van der Waals surface area contributed by atoms with Crippen molar-refractivity contribution in [3.05, 3.63) is 59.7 Å². The highest BCUT2D eigenvalue weighted by molar-refractivity contribution is 6.01. The fourth-order valence-corrected chi connectivity index (χ4v) is 2.54. The van der Waals surface area contributed by atoms with Gasteiger partial charge in [-0.25, -0.2) is 0 Å². The summed E-state index contributed by atoms with van der Waals surface area (Å²) in [5.41, 5.74) is 6.13. The zero-order valence-electron chi connectivity index (χ0n) is 15.7. The molecule has 0 saturated heterocycles. The van der Waals surface area contributed by atoms with Gasteiger partial charge < -0.3 is 10.1 Å². The predicted octanol–water partition coefficient (Wildman–Crippen LogP) is 2.90. The predicted molar refractivity (Wildman–Crippen MR) is 105 cm³/mol. The zero-order valence-corrected chi connectivity index (χ0v) is 15.7. The van der Waals surface area contributed by atoms with Crippen molar-refractivity contribution >= 4 is 23.4 Å². The molecule has 1 saturated carbocycles. The monoisotopic (exact) mass is 381 g/mol. The molecular weight excluding hydrogens is 358 g/mol. The number of hydrogen-bond acceptors (Lipinski definition) is 4. The summed E-state index contributed by atoms with van der Waals surface area (Å²) < 4.78 is 5.56. The molecule has 0 aliphatic heterocycles. The molecular formula is C21H23N3O4. The molecule has 1 aliphatic carbocycles. The second-order valence-electron chi connectivity index (χ2n) is 6.59. The summed E-state index contributed by atoms with van der Waals surface area (Å²) >= 11 is 0. The molecule has 7 heteroatoms. The Morgan fingerprint density at radius 2 is 1.64 bits per heavy atom. The Labute approximate surface area is 163 Å². The first-order valence-electron chi connectivity index (χ1n) is 9.32. The van der Waals surface area contributed by atoms with Gasteiger partial charge in [-0.2, -0.15) is 0 Å². The molecule has 3 N–H and O–H groups in total. The molecule has 0 unspecified atom stereocenters. The molecule has 0 radical (unpaired) electrons. The van der Waals surface area contributed by atoms with E-state index in [1.807, 2.05) is 6.92 Å². The highest BCUT2D eigenvalue weighted by Gasteiger charge is 2.29. The number of benzene rings is 2. The lowest BCUT2D eigenvalue weighted by atomic mass is 10.2. The van der Waals surface area contributed by atoms with Crippen molar-refractivity contribution in [1.82, 2.24) is 10.9 Å². The smallest absolute Gasteiger partial charge is 0.273 e. The Morgan fingerprint density at radius 3 is 2.32 bits per heavy atom. The summed E-state index contributed by atoms with van der Waals surface area (Å²) in [6, 6.07) is 13.3. The van der Waals surface area contributed by atoms with E-state index in [1.165, 1.54) is 0 Å². The second-order valence-corrected chi connectivity index (χ2v) is 6.59. The SMILES string of the molecule is CCCOc1ccccc1C(=O)NNC(=O)c1ccc(NC(=O)C2CC2)cc1. The van der Waals surface area contributed by atoms with Crippen LogP contribution >= 0.6 is 0 Å². The first-order valence-corrected chi connectivity index (χ1v) is 9.32. The Hall–Kier alpha value is -3.35. The van der Waals surface area contributed by atoms with Crippen LogP contribution in [-0.4, -0.2) is 24.3 Å². The van der Waals surface area contributed by atoms with Gasteiger partial charge in [0.15, 0.2) is 0 Å². The molecule has 0 spiro atoms. The van der Waals surface area contributed by atoms with Crippen LogP contribution in [0.2, 0.25) is 0 Å². The molecule has 2 aromatic rings. The van der Waals surface area contributed by atoms with Crippen LogP contribution in [0, 0.1) is 5.92 Å². The molecule has 1 aliphatic rings. The van der Waals surface area contributed by atoms with Gasteiger partial charge in [0.05, 0.1) is 12.2 Å². The van der Waals surface area contributed by atoms with E-state index in [9.17, 15) is 14.4 Å². The average Bonchev–Trinajstić information content (AvgIpc) is 3.56. The maximum Gasteiger partial charge on any atom is 0.273 e. The minimum absolute atomic E-state index is 0.00780. The lowest BCUT2D eigenvalue weighted by Crippen LogP contribution is -2.41. The van der Waals surface area contributed by atoms with Crippen molar-refractivity contribution in [1.29, 1.82) is 0 Å². The van der Waals surface area contributed by atoms with Crippen LogP contribution in [0.25, 0.3) is 0 Å². The normalized spacial score (nSPS) is 12.8. The van der Waals surface area contributed by atoms with E-state index in [1.54, 1.807) is 48.5 Å². The Morgan fingerprint density at radius 1 is 0.964 bits per heavy atom. The van der Waals surface area contributed by atoms with Crippen molar-refractivity contribution in [2.75, 3.05) is 11.9 Å². The van der Waals surface area contributed by atoms with Gasteiger partial charge >= 0.3 is 0 Å². The number of hydrogen-bond donors (Lipinski definition) is 3. The van der Waals surface area contributed by atoms with E-state index < -0.39 is 11.8 Å². The maximum atomic E-state index is 12.4. The fraction of sp³-hybridized carbons (Fsp3) is 0.286. The molecule has 28 heavy (non-hydrogen) atoms. The quantitative estimate of drug-likeness (QED) is 0.643. The topological polar surface area (TPSA) is 96.5 Å². The van der Waals surface area contributed by atoms with Crippen LogP contribution in [0.5, 0.6) is 5.75 Å². The molecule has 0 atom stereocenters. The number of carbonyl (C=O) groups is 3. The summed E-state index contributed by atoms with van der Waals surface area (Å²) in [6.07, 6.45) is 2.68. The highest BCUT2D eigenvalue weighted by atomic mass is 16.5. The third-order valence-electron chi connectivity index (χ3n) is 4.25. The Bertz CT molecular complexity index is 860. The Kier molecular flexibility index (Phi) is 6.26. The Balaban J connectivity index is 1.55. The lowest BCUT2D eigenvalue weighted by molar-refractivity contribution is -0.117. The molecule has 1 fully saturated rings. The molecule has 0 aromatic heterocycles. The van der Waals surface area contributed by atoms with Crippen molar-refractivity contribution in [3.63, 3.8) is 0 Å². The molecule has 3 amide bonds. The standard InChI is InChI=1S/C21H23N3O4/c1-2-13-28-18-6-4-3-5-17(18)21(27)24-23-20(26)15-9-11-16(12-10-15)22-19(25)14-7-8-14/h3-6,9-12,14H,2,7-8,13H2,1H3,(H,22,25)(H,23,26)(H,24,27). The fourth-order valence-electron chi connectivity index (χ4n) is 2.54. The van der Waals surface area contributed by atoms with E-state index in [0.717, 1.165) is 19.3 Å². The zero-order chi connectivity index (χ0) is 19.9. The third kappa shape index (κ3) is 5.09. The number of anilines is 1. The third-order valence-corrected chi connectivity index (χ3v) is 4.25. The van der Waals surface area contributed by atoms with Crippen LogP contribution in [0.4, 0.5) is 5.69 Å². The van der Waals surface area contributed by atoms with E-state index >= 15 is 0 Å². The molecule has 146 valence electrons. The van der Waals surface area contributed by atoms with Gasteiger partial charge in [-0.05, 0) is 55.7 Å². The van der Waals surface area contributed by atoms with Gasteiger partial charge in [-0.3, -0.25) is 25.2 Å². The summed E-state index contributed by atoms with van der Waals surface area (Å²) in [4.78, 5) is 36.4. The van der Waals surface area contributed by atoms with E-state index in [2.05, 4.69) is 16.2 Å². The van der Waals surface area contributed by atoms with Gasteiger partial charge in [0.2, 0.25) is 5.91 Å². The van der Waals surface area contributed by atoms with E-state index in [0.29, 0.717) is 29.2 Å². The number of hydrazine groups is 1. The molecule has 7 nitrogen and oxygen atoms in total. The van der Waals surface area contributed by atoms with Crippen molar-refractivity contribution in [3.8, 4) is 5.75 Å². The van der Waals surface area contributed by atoms with E-state index in [4.69, 9.17) is 4.74 Å². The highest BCUT2D eigenvalue weighted by Crippen LogP contribution is 2.30. The van der Waals surface area contributed by atoms with Gasteiger partial charge in [-0.15, -0.1) is 0 Å². The minimum atomic E-state index is -0.464. The summed E-state index contributed by atoms with van der Waals surface area (Å²) in [7, 11) is 0. The number of para-hydroxylation sites is 1. The molecule has 0 bridgehead atoms. The summed E-state index contributed by atoms with van der Waals surface area (Å²) in [5.74, 6) is -0.337. The van der Waals surface area contributed by atoms with Crippen LogP contribution in [0.1, 0.15) is 46.9 Å². The summed E-state index contributed by atoms with van der Waals surface area (Å²) in [5, 5.41) is 2.81. The number of nitrogens with one attached hydrogen (secondary N) is 3. The minimum Gasteiger partial charge on any atom is -0.493 e. The van der Waals surface area contributed by atoms with Crippen molar-refractivity contribution in [2.24, 2.45) is 5.92 Å². The van der Waals surface area contributed by atoms with Crippen LogP contribution < -0.4 is 20.9 Å². The van der Waals surface area contributed by atoms with Crippen molar-refractivity contribution in [2.45, 2.75) is 26.2 Å². The van der Waals surface area contributed by atoms with Crippen LogP contribution in [0.15, 0.2) is 48.5 Å².